The van der Waals surface area contributed by atoms with E-state index >= 15 is 0 Å². The highest BCUT2D eigenvalue weighted by atomic mass is 32.2. The van der Waals surface area contributed by atoms with Gasteiger partial charge in [0.25, 0.3) is 5.91 Å². The molecule has 0 spiro atoms. The van der Waals surface area contributed by atoms with Crippen molar-refractivity contribution < 1.29 is 23.8 Å². The van der Waals surface area contributed by atoms with Crippen LogP contribution in [0.3, 0.4) is 0 Å². The molecule has 1 aliphatic rings. The fourth-order valence-electron chi connectivity index (χ4n) is 2.68. The molecule has 1 amide bonds. The first-order valence-corrected chi connectivity index (χ1v) is 8.99. The van der Waals surface area contributed by atoms with E-state index in [2.05, 4.69) is 0 Å². The second kappa shape index (κ2) is 8.22. The van der Waals surface area contributed by atoms with E-state index in [4.69, 9.17) is 14.3 Å². The third kappa shape index (κ3) is 4.64. The Bertz CT molecular complexity index is 730. The van der Waals surface area contributed by atoms with Gasteiger partial charge in [-0.3, -0.25) is 9.59 Å². The van der Waals surface area contributed by atoms with E-state index in [9.17, 15) is 9.59 Å². The lowest BCUT2D eigenvalue weighted by atomic mass is 10.1. The maximum absolute atomic E-state index is 12.7. The molecule has 1 aliphatic heterocycles. The van der Waals surface area contributed by atoms with Crippen LogP contribution in [0.1, 0.15) is 22.7 Å². The number of carbonyl (C=O) groups is 2. The van der Waals surface area contributed by atoms with Crippen LogP contribution in [0.2, 0.25) is 0 Å². The van der Waals surface area contributed by atoms with E-state index in [1.54, 1.807) is 23.9 Å². The number of benzene rings is 1. The predicted octanol–water partition coefficient (Wildman–Crippen LogP) is 2.89. The van der Waals surface area contributed by atoms with Crippen molar-refractivity contribution in [3.63, 3.8) is 0 Å². The molecule has 2 heterocycles. The first kappa shape index (κ1) is 17.6. The Morgan fingerprint density at radius 2 is 2.00 bits per heavy atom. The van der Waals surface area contributed by atoms with Gasteiger partial charge in [0, 0.05) is 11.4 Å². The molecule has 1 saturated heterocycles. The molecule has 3 rings (SSSR count). The molecule has 7 heteroatoms. The number of hydrogen-bond acceptors (Lipinski definition) is 5. The molecule has 1 N–H and O–H groups in total. The first-order chi connectivity index (χ1) is 12.1. The van der Waals surface area contributed by atoms with Gasteiger partial charge in [-0.25, -0.2) is 0 Å². The molecule has 6 nitrogen and oxygen atoms in total. The molecule has 132 valence electrons. The molecule has 1 aromatic carbocycles. The van der Waals surface area contributed by atoms with E-state index in [-0.39, 0.29) is 24.7 Å². The van der Waals surface area contributed by atoms with Crippen LogP contribution < -0.4 is 0 Å². The Balaban J connectivity index is 1.64. The summed E-state index contributed by atoms with van der Waals surface area (Å²) in [7, 11) is 0. The van der Waals surface area contributed by atoms with Gasteiger partial charge in [-0.15, -0.1) is 11.8 Å². The van der Waals surface area contributed by atoms with Crippen molar-refractivity contribution in [1.29, 1.82) is 0 Å². The summed E-state index contributed by atoms with van der Waals surface area (Å²) < 4.78 is 11.0. The van der Waals surface area contributed by atoms with Gasteiger partial charge >= 0.3 is 5.97 Å². The van der Waals surface area contributed by atoms with Crippen LogP contribution in [0, 0.1) is 0 Å². The van der Waals surface area contributed by atoms with Crippen LogP contribution in [0.4, 0.5) is 0 Å². The molecule has 25 heavy (non-hydrogen) atoms. The topological polar surface area (TPSA) is 80.0 Å². The molecule has 0 saturated carbocycles. The molecular formula is C18H19NO5S. The molecule has 1 aromatic heterocycles. The van der Waals surface area contributed by atoms with Gasteiger partial charge in [0.2, 0.25) is 0 Å². The second-order valence-electron chi connectivity index (χ2n) is 5.69. The van der Waals surface area contributed by atoms with Gasteiger partial charge in [-0.05, 0) is 24.3 Å². The highest BCUT2D eigenvalue weighted by molar-refractivity contribution is 7.98. The quantitative estimate of drug-likeness (QED) is 0.797. The van der Waals surface area contributed by atoms with Crippen molar-refractivity contribution in [2.24, 2.45) is 0 Å². The molecule has 1 fully saturated rings. The predicted molar refractivity (Wildman–Crippen MR) is 92.6 cm³/mol. The monoisotopic (exact) mass is 361 g/mol. The van der Waals surface area contributed by atoms with E-state index < -0.39 is 12.0 Å². The summed E-state index contributed by atoms with van der Waals surface area (Å²) in [6, 6.07) is 12.9. The van der Waals surface area contributed by atoms with Crippen molar-refractivity contribution in [2.75, 3.05) is 19.8 Å². The summed E-state index contributed by atoms with van der Waals surface area (Å²) in [5.74, 6) is 0.332. The van der Waals surface area contributed by atoms with Crippen LogP contribution in [0.25, 0.3) is 0 Å². The number of amides is 1. The summed E-state index contributed by atoms with van der Waals surface area (Å²) in [5, 5.41) is 9.00. The standard InChI is InChI=1S/C18H19NO5S/c20-17(21)10-13-11-23-9-8-19(13)18(22)16-7-6-14(24-16)12-25-15-4-2-1-3-5-15/h1-7,13H,8-12H2,(H,20,21)/t13-/m0/s1. The zero-order chi connectivity index (χ0) is 17.6. The molecule has 1 atom stereocenters. The van der Waals surface area contributed by atoms with Crippen LogP contribution in [0.15, 0.2) is 51.8 Å². The highest BCUT2D eigenvalue weighted by Gasteiger charge is 2.31. The number of thioether (sulfide) groups is 1. The van der Waals surface area contributed by atoms with E-state index in [0.717, 1.165) is 4.90 Å². The van der Waals surface area contributed by atoms with Gasteiger partial charge in [0.05, 0.1) is 31.4 Å². The highest BCUT2D eigenvalue weighted by Crippen LogP contribution is 2.24. The number of nitrogens with zero attached hydrogens (tertiary/aromatic N) is 1. The van der Waals surface area contributed by atoms with Gasteiger partial charge in [0.15, 0.2) is 5.76 Å². The van der Waals surface area contributed by atoms with Crippen LogP contribution in [-0.4, -0.2) is 47.7 Å². The zero-order valence-electron chi connectivity index (χ0n) is 13.6. The largest absolute Gasteiger partial charge is 0.481 e. The zero-order valence-corrected chi connectivity index (χ0v) is 14.4. The number of carboxylic acid groups (broad SMARTS) is 1. The molecule has 0 bridgehead atoms. The number of hydrogen-bond donors (Lipinski definition) is 1. The normalized spacial score (nSPS) is 17.4. The average Bonchev–Trinajstić information content (AvgIpc) is 3.09. The van der Waals surface area contributed by atoms with Crippen LogP contribution in [0.5, 0.6) is 0 Å². The Kier molecular flexibility index (Phi) is 5.78. The molecule has 2 aromatic rings. The van der Waals surface area contributed by atoms with E-state index in [1.165, 1.54) is 4.90 Å². The smallest absolute Gasteiger partial charge is 0.305 e. The Morgan fingerprint density at radius 3 is 2.76 bits per heavy atom. The maximum Gasteiger partial charge on any atom is 0.305 e. The van der Waals surface area contributed by atoms with Gasteiger partial charge in [0.1, 0.15) is 5.76 Å². The number of carbonyl (C=O) groups excluding carboxylic acids is 1. The van der Waals surface area contributed by atoms with Crippen LogP contribution >= 0.6 is 11.8 Å². The summed E-state index contributed by atoms with van der Waals surface area (Å²) in [4.78, 5) is 26.3. The number of furan rings is 1. The van der Waals surface area contributed by atoms with Crippen molar-refractivity contribution >= 4 is 23.6 Å². The summed E-state index contributed by atoms with van der Waals surface area (Å²) >= 11 is 1.63. The van der Waals surface area contributed by atoms with E-state index in [0.29, 0.717) is 24.7 Å². The number of aliphatic carboxylic acids is 1. The summed E-state index contributed by atoms with van der Waals surface area (Å²) in [5.41, 5.74) is 0. The third-order valence-corrected chi connectivity index (χ3v) is 4.93. The van der Waals surface area contributed by atoms with Crippen molar-refractivity contribution in [1.82, 2.24) is 4.90 Å². The minimum Gasteiger partial charge on any atom is -0.481 e. The average molecular weight is 361 g/mol. The Hall–Kier alpha value is -2.25. The fraction of sp³-hybridized carbons (Fsp3) is 0.333. The second-order valence-corrected chi connectivity index (χ2v) is 6.74. The Morgan fingerprint density at radius 1 is 1.20 bits per heavy atom. The van der Waals surface area contributed by atoms with Crippen molar-refractivity contribution in [3.05, 3.63) is 54.0 Å². The molecular weight excluding hydrogens is 342 g/mol. The minimum absolute atomic E-state index is 0.136. The number of carboxylic acids is 1. The number of ether oxygens (including phenoxy) is 1. The fourth-order valence-corrected chi connectivity index (χ4v) is 3.49. The lowest BCUT2D eigenvalue weighted by Crippen LogP contribution is -2.49. The Labute approximate surface area is 149 Å². The molecule has 0 radical (unpaired) electrons. The third-order valence-electron chi connectivity index (χ3n) is 3.90. The lowest BCUT2D eigenvalue weighted by Gasteiger charge is -2.34. The number of rotatable bonds is 6. The van der Waals surface area contributed by atoms with Crippen molar-refractivity contribution in [3.8, 4) is 0 Å². The van der Waals surface area contributed by atoms with Gasteiger partial charge < -0.3 is 19.2 Å². The summed E-state index contributed by atoms with van der Waals surface area (Å²) in [6.45, 7) is 1.00. The van der Waals surface area contributed by atoms with Crippen LogP contribution in [-0.2, 0) is 15.3 Å². The maximum atomic E-state index is 12.7. The molecule has 0 aliphatic carbocycles. The van der Waals surface area contributed by atoms with E-state index in [1.807, 2.05) is 30.3 Å². The van der Waals surface area contributed by atoms with Crippen molar-refractivity contribution in [2.45, 2.75) is 23.1 Å². The molecule has 0 unspecified atom stereocenters. The van der Waals surface area contributed by atoms with Gasteiger partial charge in [-0.2, -0.15) is 0 Å². The number of morpholine rings is 1. The van der Waals surface area contributed by atoms with Gasteiger partial charge in [-0.1, -0.05) is 18.2 Å². The first-order valence-electron chi connectivity index (χ1n) is 8.00. The minimum atomic E-state index is -0.951. The SMILES string of the molecule is O=C(O)C[C@H]1COCCN1C(=O)c1ccc(CSc2ccccc2)o1. The lowest BCUT2D eigenvalue weighted by molar-refractivity contribution is -0.139. The summed E-state index contributed by atoms with van der Waals surface area (Å²) in [6.07, 6.45) is -0.136.